The molecule has 8 heteroatoms. The Hall–Kier alpha value is -3.39. The van der Waals surface area contributed by atoms with Crippen LogP contribution in [-0.4, -0.2) is 66.9 Å². The summed E-state index contributed by atoms with van der Waals surface area (Å²) in [7, 11) is 0. The van der Waals surface area contributed by atoms with Crippen molar-refractivity contribution in [3.63, 3.8) is 0 Å². The number of fused-ring (bicyclic) bond motifs is 3. The van der Waals surface area contributed by atoms with Crippen molar-refractivity contribution < 1.29 is 29.0 Å². The van der Waals surface area contributed by atoms with Crippen LogP contribution in [0.4, 0.5) is 4.79 Å². The van der Waals surface area contributed by atoms with Gasteiger partial charge >= 0.3 is 12.1 Å². The number of amides is 2. The molecular weight excluding hydrogens is 448 g/mol. The molecular formula is C27H30N2O6. The largest absolute Gasteiger partial charge is 0.481 e. The molecule has 2 amide bonds. The van der Waals surface area contributed by atoms with Crippen LogP contribution < -0.4 is 5.32 Å². The van der Waals surface area contributed by atoms with E-state index in [0.717, 1.165) is 11.1 Å². The first kappa shape index (κ1) is 23.4. The Labute approximate surface area is 204 Å². The fourth-order valence-corrected chi connectivity index (χ4v) is 5.56. The monoisotopic (exact) mass is 478 g/mol. The molecule has 1 aliphatic heterocycles. The first-order valence-electron chi connectivity index (χ1n) is 12.2. The van der Waals surface area contributed by atoms with Crippen molar-refractivity contribution in [1.82, 2.24) is 10.2 Å². The van der Waals surface area contributed by atoms with Crippen molar-refractivity contribution in [2.45, 2.75) is 31.2 Å². The van der Waals surface area contributed by atoms with Crippen molar-refractivity contribution >= 4 is 18.0 Å². The summed E-state index contributed by atoms with van der Waals surface area (Å²) in [5, 5.41) is 12.3. The van der Waals surface area contributed by atoms with Crippen LogP contribution in [-0.2, 0) is 19.1 Å². The lowest BCUT2D eigenvalue weighted by molar-refractivity contribution is -0.144. The predicted octanol–water partition coefficient (Wildman–Crippen LogP) is 3.25. The number of ether oxygens (including phenoxy) is 2. The van der Waals surface area contributed by atoms with Crippen LogP contribution >= 0.6 is 0 Å². The van der Waals surface area contributed by atoms with Gasteiger partial charge < -0.3 is 24.8 Å². The van der Waals surface area contributed by atoms with Crippen LogP contribution in [0.25, 0.3) is 11.1 Å². The van der Waals surface area contributed by atoms with Crippen LogP contribution in [0.3, 0.4) is 0 Å². The summed E-state index contributed by atoms with van der Waals surface area (Å²) in [6.45, 7) is 1.26. The number of benzene rings is 2. The fraction of sp³-hybridized carbons (Fsp3) is 0.444. The molecule has 3 aliphatic rings. The Morgan fingerprint density at radius 3 is 2.37 bits per heavy atom. The average molecular weight is 479 g/mol. The van der Waals surface area contributed by atoms with E-state index in [9.17, 15) is 19.5 Å². The molecule has 8 nitrogen and oxygen atoms in total. The zero-order valence-electron chi connectivity index (χ0n) is 19.5. The van der Waals surface area contributed by atoms with Crippen molar-refractivity contribution in [3.8, 4) is 11.1 Å². The van der Waals surface area contributed by atoms with Crippen LogP contribution in [0, 0.1) is 11.8 Å². The Kier molecular flexibility index (Phi) is 6.72. The first-order valence-corrected chi connectivity index (χ1v) is 12.2. The van der Waals surface area contributed by atoms with Gasteiger partial charge in [-0.2, -0.15) is 0 Å². The smallest absolute Gasteiger partial charge is 0.407 e. The maximum atomic E-state index is 13.0. The summed E-state index contributed by atoms with van der Waals surface area (Å²) < 4.78 is 11.0. The Balaban J connectivity index is 1.14. The molecule has 3 atom stereocenters. The molecule has 0 aromatic heterocycles. The van der Waals surface area contributed by atoms with Gasteiger partial charge in [0.2, 0.25) is 5.91 Å². The number of alkyl carbamates (subject to hydrolysis) is 1. The minimum Gasteiger partial charge on any atom is -0.481 e. The number of aliphatic carboxylic acids is 1. The highest BCUT2D eigenvalue weighted by atomic mass is 16.5. The van der Waals surface area contributed by atoms with Crippen LogP contribution in [0.15, 0.2) is 48.5 Å². The van der Waals surface area contributed by atoms with Gasteiger partial charge in [-0.1, -0.05) is 48.5 Å². The summed E-state index contributed by atoms with van der Waals surface area (Å²) in [6.07, 6.45) is 1.40. The van der Waals surface area contributed by atoms with Crippen LogP contribution in [0.2, 0.25) is 0 Å². The molecule has 0 spiro atoms. The molecule has 5 rings (SSSR count). The Morgan fingerprint density at radius 1 is 1.00 bits per heavy atom. The minimum atomic E-state index is -0.953. The standard InChI is InChI=1S/C27H30N2O6/c30-25(29-11-12-34-15-18(14-29)26(31)32)17-9-10-19(13-17)28-27(33)35-16-24-22-7-3-1-5-20(22)21-6-2-4-8-23(21)24/h1-8,17-19,24H,9-16H2,(H,28,33)(H,31,32)/t17-,18?,19+/m0/s1. The molecule has 2 aliphatic carbocycles. The Bertz CT molecular complexity index is 1070. The van der Waals surface area contributed by atoms with Gasteiger partial charge in [-0.3, -0.25) is 9.59 Å². The van der Waals surface area contributed by atoms with Gasteiger partial charge in [0.25, 0.3) is 0 Å². The number of carboxylic acid groups (broad SMARTS) is 1. The third kappa shape index (κ3) is 4.89. The average Bonchev–Trinajstić information content (AvgIpc) is 3.35. The maximum Gasteiger partial charge on any atom is 0.407 e. The molecule has 0 radical (unpaired) electrons. The molecule has 2 aromatic rings. The van der Waals surface area contributed by atoms with E-state index in [4.69, 9.17) is 9.47 Å². The number of hydrogen-bond acceptors (Lipinski definition) is 5. The molecule has 1 unspecified atom stereocenters. The molecule has 35 heavy (non-hydrogen) atoms. The minimum absolute atomic E-state index is 0.00140. The highest BCUT2D eigenvalue weighted by molar-refractivity contribution is 5.81. The highest BCUT2D eigenvalue weighted by Gasteiger charge is 2.36. The lowest BCUT2D eigenvalue weighted by atomic mass is 9.98. The third-order valence-electron chi connectivity index (χ3n) is 7.37. The molecule has 1 saturated heterocycles. The van der Waals surface area contributed by atoms with E-state index in [1.54, 1.807) is 4.90 Å². The zero-order chi connectivity index (χ0) is 24.4. The molecule has 1 saturated carbocycles. The van der Waals surface area contributed by atoms with E-state index in [2.05, 4.69) is 29.6 Å². The second kappa shape index (κ2) is 10.1. The van der Waals surface area contributed by atoms with Crippen molar-refractivity contribution in [1.29, 1.82) is 0 Å². The number of nitrogens with zero attached hydrogens (tertiary/aromatic N) is 1. The number of carbonyl (C=O) groups is 3. The van der Waals surface area contributed by atoms with Gasteiger partial charge in [-0.05, 0) is 41.5 Å². The number of nitrogens with one attached hydrogen (secondary N) is 1. The lowest BCUT2D eigenvalue weighted by Gasteiger charge is -2.25. The second-order valence-electron chi connectivity index (χ2n) is 9.57. The zero-order valence-corrected chi connectivity index (χ0v) is 19.5. The summed E-state index contributed by atoms with van der Waals surface area (Å²) in [5.41, 5.74) is 4.68. The molecule has 2 fully saturated rings. The van der Waals surface area contributed by atoms with Crippen LogP contribution in [0.5, 0.6) is 0 Å². The van der Waals surface area contributed by atoms with E-state index in [1.165, 1.54) is 11.1 Å². The van der Waals surface area contributed by atoms with E-state index >= 15 is 0 Å². The van der Waals surface area contributed by atoms with Gasteiger partial charge in [0.15, 0.2) is 0 Å². The van der Waals surface area contributed by atoms with E-state index in [1.807, 2.05) is 24.3 Å². The van der Waals surface area contributed by atoms with Gasteiger partial charge in [0, 0.05) is 31.0 Å². The van der Waals surface area contributed by atoms with Gasteiger partial charge in [-0.25, -0.2) is 4.79 Å². The quantitative estimate of drug-likeness (QED) is 0.684. The third-order valence-corrected chi connectivity index (χ3v) is 7.37. The normalized spacial score (nSPS) is 23.8. The van der Waals surface area contributed by atoms with Crippen molar-refractivity contribution in [2.75, 3.05) is 32.9 Å². The molecule has 184 valence electrons. The highest BCUT2D eigenvalue weighted by Crippen LogP contribution is 2.44. The summed E-state index contributed by atoms with van der Waals surface area (Å²) in [5.74, 6) is -1.96. The predicted molar refractivity (Wildman–Crippen MR) is 128 cm³/mol. The molecule has 1 heterocycles. The van der Waals surface area contributed by atoms with Gasteiger partial charge in [-0.15, -0.1) is 0 Å². The first-order chi connectivity index (χ1) is 17.0. The van der Waals surface area contributed by atoms with Crippen LogP contribution in [0.1, 0.15) is 36.3 Å². The molecule has 2 N–H and O–H groups in total. The lowest BCUT2D eigenvalue weighted by Crippen LogP contribution is -2.41. The number of hydrogen-bond donors (Lipinski definition) is 2. The van der Waals surface area contributed by atoms with Gasteiger partial charge in [0.1, 0.15) is 6.61 Å². The van der Waals surface area contributed by atoms with Gasteiger partial charge in [0.05, 0.1) is 19.1 Å². The fourth-order valence-electron chi connectivity index (χ4n) is 5.56. The van der Waals surface area contributed by atoms with E-state index in [0.29, 0.717) is 32.4 Å². The maximum absolute atomic E-state index is 13.0. The second-order valence-corrected chi connectivity index (χ2v) is 9.57. The Morgan fingerprint density at radius 2 is 1.69 bits per heavy atom. The summed E-state index contributed by atoms with van der Waals surface area (Å²) in [6, 6.07) is 16.3. The summed E-state index contributed by atoms with van der Waals surface area (Å²) in [4.78, 5) is 38.6. The number of rotatable bonds is 5. The summed E-state index contributed by atoms with van der Waals surface area (Å²) >= 11 is 0. The number of carbonyl (C=O) groups excluding carboxylic acids is 2. The van der Waals surface area contributed by atoms with E-state index in [-0.39, 0.29) is 43.5 Å². The van der Waals surface area contributed by atoms with E-state index < -0.39 is 18.0 Å². The van der Waals surface area contributed by atoms with Crippen molar-refractivity contribution in [2.24, 2.45) is 11.8 Å². The van der Waals surface area contributed by atoms with Crippen molar-refractivity contribution in [3.05, 3.63) is 59.7 Å². The SMILES string of the molecule is O=C(N[C@@H]1CC[C@H](C(=O)N2CCOCC(C(=O)O)C2)C1)OCC1c2ccccc2-c2ccccc21. The molecule has 0 bridgehead atoms. The number of carboxylic acids is 1. The topological polar surface area (TPSA) is 105 Å². The molecule has 2 aromatic carbocycles.